The van der Waals surface area contributed by atoms with Gasteiger partial charge in [0.25, 0.3) is 5.56 Å². The average molecular weight is 274 g/mol. The summed E-state index contributed by atoms with van der Waals surface area (Å²) in [5.41, 5.74) is 1.16. The number of carboxylic acid groups (broad SMARTS) is 1. The number of hydrogen-bond acceptors (Lipinski definition) is 4. The maximum Gasteiger partial charge on any atom is 0.323 e. The van der Waals surface area contributed by atoms with Crippen molar-refractivity contribution in [3.05, 3.63) is 40.0 Å². The lowest BCUT2D eigenvalue weighted by Crippen LogP contribution is -2.32. The van der Waals surface area contributed by atoms with Crippen molar-refractivity contribution in [1.29, 1.82) is 0 Å². The van der Waals surface area contributed by atoms with Crippen LogP contribution in [0, 0.1) is 0 Å². The van der Waals surface area contributed by atoms with Gasteiger partial charge in [-0.15, -0.1) is 0 Å². The zero-order valence-electron chi connectivity index (χ0n) is 10.8. The second kappa shape index (κ2) is 4.96. The van der Waals surface area contributed by atoms with Crippen molar-refractivity contribution in [2.24, 2.45) is 0 Å². The second-order valence-electron chi connectivity index (χ2n) is 4.83. The van der Waals surface area contributed by atoms with E-state index in [0.29, 0.717) is 23.6 Å². The molecule has 20 heavy (non-hydrogen) atoms. The maximum atomic E-state index is 12.5. The molecule has 0 aromatic carbocycles. The molecule has 1 aliphatic carbocycles. The molecule has 104 valence electrons. The Morgan fingerprint density at radius 3 is 2.90 bits per heavy atom. The summed E-state index contributed by atoms with van der Waals surface area (Å²) in [6.45, 7) is -0.408. The molecule has 0 bridgehead atoms. The third kappa shape index (κ3) is 2.13. The van der Waals surface area contributed by atoms with E-state index in [0.717, 1.165) is 25.0 Å². The summed E-state index contributed by atoms with van der Waals surface area (Å²) in [7, 11) is 0. The second-order valence-corrected chi connectivity index (χ2v) is 4.83. The van der Waals surface area contributed by atoms with Gasteiger partial charge < -0.3 is 9.52 Å². The van der Waals surface area contributed by atoms with Crippen LogP contribution >= 0.6 is 0 Å². The van der Waals surface area contributed by atoms with E-state index < -0.39 is 12.5 Å². The van der Waals surface area contributed by atoms with Gasteiger partial charge >= 0.3 is 5.97 Å². The molecule has 2 aromatic rings. The number of aryl methyl sites for hydroxylation is 1. The van der Waals surface area contributed by atoms with Crippen LogP contribution in [-0.2, 0) is 24.2 Å². The molecule has 0 saturated carbocycles. The van der Waals surface area contributed by atoms with Gasteiger partial charge in [-0.1, -0.05) is 0 Å². The van der Waals surface area contributed by atoms with E-state index in [2.05, 4.69) is 4.98 Å². The Balaban J connectivity index is 2.23. The molecule has 0 spiro atoms. The lowest BCUT2D eigenvalue weighted by molar-refractivity contribution is -0.137. The molecule has 0 unspecified atom stereocenters. The van der Waals surface area contributed by atoms with Crippen molar-refractivity contribution in [3.8, 4) is 11.6 Å². The third-order valence-corrected chi connectivity index (χ3v) is 3.47. The van der Waals surface area contributed by atoms with Gasteiger partial charge in [-0.2, -0.15) is 0 Å². The predicted molar refractivity (Wildman–Crippen MR) is 70.5 cm³/mol. The molecular formula is C14H14N2O4. The first-order valence-electron chi connectivity index (χ1n) is 6.55. The Labute approximate surface area is 114 Å². The Morgan fingerprint density at radius 2 is 2.20 bits per heavy atom. The summed E-state index contributed by atoms with van der Waals surface area (Å²) in [5.74, 6) is -0.364. The van der Waals surface area contributed by atoms with Crippen LogP contribution in [-0.4, -0.2) is 20.6 Å². The monoisotopic (exact) mass is 274 g/mol. The summed E-state index contributed by atoms with van der Waals surface area (Å²) in [4.78, 5) is 28.0. The topological polar surface area (TPSA) is 85.3 Å². The van der Waals surface area contributed by atoms with Crippen molar-refractivity contribution in [3.63, 3.8) is 0 Å². The SMILES string of the molecule is O=C(O)Cn1c(-c2ccco2)nc2c(c1=O)CCCC2. The molecule has 1 N–H and O–H groups in total. The number of nitrogens with zero attached hydrogens (tertiary/aromatic N) is 2. The van der Waals surface area contributed by atoms with Crippen molar-refractivity contribution >= 4 is 5.97 Å². The quantitative estimate of drug-likeness (QED) is 0.916. The summed E-state index contributed by atoms with van der Waals surface area (Å²) in [5, 5.41) is 9.00. The van der Waals surface area contributed by atoms with Crippen molar-refractivity contribution < 1.29 is 14.3 Å². The molecule has 0 radical (unpaired) electrons. The molecule has 0 aliphatic heterocycles. The van der Waals surface area contributed by atoms with Crippen LogP contribution in [0.2, 0.25) is 0 Å². The molecule has 1 aliphatic rings. The number of aromatic nitrogens is 2. The van der Waals surface area contributed by atoms with Crippen LogP contribution in [0.15, 0.2) is 27.6 Å². The molecule has 0 saturated heterocycles. The molecule has 0 amide bonds. The highest BCUT2D eigenvalue weighted by Crippen LogP contribution is 2.22. The van der Waals surface area contributed by atoms with Crippen LogP contribution in [0.5, 0.6) is 0 Å². The molecule has 0 fully saturated rings. The van der Waals surface area contributed by atoms with E-state index in [-0.39, 0.29) is 5.56 Å². The minimum atomic E-state index is -1.07. The lowest BCUT2D eigenvalue weighted by atomic mass is 9.97. The normalized spacial score (nSPS) is 14.0. The number of rotatable bonds is 3. The van der Waals surface area contributed by atoms with E-state index in [4.69, 9.17) is 9.52 Å². The fourth-order valence-corrected chi connectivity index (χ4v) is 2.57. The van der Waals surface area contributed by atoms with Crippen LogP contribution < -0.4 is 5.56 Å². The number of furan rings is 1. The Bertz CT molecular complexity index is 701. The summed E-state index contributed by atoms with van der Waals surface area (Å²) >= 11 is 0. The predicted octanol–water partition coefficient (Wildman–Crippen LogP) is 1.47. The average Bonchev–Trinajstić information content (AvgIpc) is 2.95. The number of hydrogen-bond donors (Lipinski definition) is 1. The first kappa shape index (κ1) is 12.7. The minimum Gasteiger partial charge on any atom is -0.480 e. The van der Waals surface area contributed by atoms with Gasteiger partial charge in [0.2, 0.25) is 0 Å². The summed E-state index contributed by atoms with van der Waals surface area (Å²) < 4.78 is 6.46. The van der Waals surface area contributed by atoms with Gasteiger partial charge in [-0.3, -0.25) is 14.2 Å². The smallest absolute Gasteiger partial charge is 0.323 e. The first-order chi connectivity index (χ1) is 9.66. The molecule has 2 heterocycles. The van der Waals surface area contributed by atoms with Crippen LogP contribution in [0.25, 0.3) is 11.6 Å². The van der Waals surface area contributed by atoms with E-state index in [1.54, 1.807) is 12.1 Å². The van der Waals surface area contributed by atoms with Crippen LogP contribution in [0.4, 0.5) is 0 Å². The zero-order chi connectivity index (χ0) is 14.1. The zero-order valence-corrected chi connectivity index (χ0v) is 10.8. The molecule has 3 rings (SSSR count). The molecular weight excluding hydrogens is 260 g/mol. The van der Waals surface area contributed by atoms with E-state index in [1.807, 2.05) is 0 Å². The molecule has 2 aromatic heterocycles. The lowest BCUT2D eigenvalue weighted by Gasteiger charge is -2.18. The number of carboxylic acids is 1. The Hall–Kier alpha value is -2.37. The van der Waals surface area contributed by atoms with Gasteiger partial charge in [-0.05, 0) is 37.8 Å². The van der Waals surface area contributed by atoms with Crippen molar-refractivity contribution in [1.82, 2.24) is 9.55 Å². The number of fused-ring (bicyclic) bond motifs is 1. The van der Waals surface area contributed by atoms with Gasteiger partial charge in [-0.25, -0.2) is 4.98 Å². The summed E-state index contributed by atoms with van der Waals surface area (Å²) in [6.07, 6.45) is 4.84. The highest BCUT2D eigenvalue weighted by molar-refractivity contribution is 5.67. The van der Waals surface area contributed by atoms with Crippen molar-refractivity contribution in [2.75, 3.05) is 0 Å². The standard InChI is InChI=1S/C14H14N2O4/c17-12(18)8-16-13(11-6-3-7-20-11)15-10-5-2-1-4-9(10)14(16)19/h3,6-7H,1-2,4-5,8H2,(H,17,18). The third-order valence-electron chi connectivity index (χ3n) is 3.47. The van der Waals surface area contributed by atoms with E-state index in [9.17, 15) is 9.59 Å². The van der Waals surface area contributed by atoms with Crippen LogP contribution in [0.3, 0.4) is 0 Å². The van der Waals surface area contributed by atoms with E-state index in [1.165, 1.54) is 10.8 Å². The fourth-order valence-electron chi connectivity index (χ4n) is 2.57. The van der Waals surface area contributed by atoms with Gasteiger partial charge in [0.05, 0.1) is 12.0 Å². The number of aliphatic carboxylic acids is 1. The van der Waals surface area contributed by atoms with Crippen molar-refractivity contribution in [2.45, 2.75) is 32.2 Å². The largest absolute Gasteiger partial charge is 0.480 e. The molecule has 6 nitrogen and oxygen atoms in total. The highest BCUT2D eigenvalue weighted by atomic mass is 16.4. The maximum absolute atomic E-state index is 12.5. The Kier molecular flexibility index (Phi) is 3.14. The molecule has 6 heteroatoms. The molecule has 0 atom stereocenters. The Morgan fingerprint density at radius 1 is 1.40 bits per heavy atom. The number of carbonyl (C=O) groups is 1. The van der Waals surface area contributed by atoms with Gasteiger partial charge in [0, 0.05) is 5.56 Å². The highest BCUT2D eigenvalue weighted by Gasteiger charge is 2.22. The van der Waals surface area contributed by atoms with Gasteiger partial charge in [0.1, 0.15) is 6.54 Å². The summed E-state index contributed by atoms with van der Waals surface area (Å²) in [6, 6.07) is 3.36. The van der Waals surface area contributed by atoms with Gasteiger partial charge in [0.15, 0.2) is 11.6 Å². The van der Waals surface area contributed by atoms with Crippen LogP contribution in [0.1, 0.15) is 24.1 Å². The fraction of sp³-hybridized carbons (Fsp3) is 0.357. The minimum absolute atomic E-state index is 0.261. The first-order valence-corrected chi connectivity index (χ1v) is 6.55. The van der Waals surface area contributed by atoms with E-state index >= 15 is 0 Å².